The van der Waals surface area contributed by atoms with E-state index in [0.717, 1.165) is 19.3 Å². The highest BCUT2D eigenvalue weighted by Gasteiger charge is 2.21. The van der Waals surface area contributed by atoms with Crippen LogP contribution in [-0.4, -0.2) is 28.2 Å². The fourth-order valence-corrected chi connectivity index (χ4v) is 2.59. The second-order valence-corrected chi connectivity index (χ2v) is 8.37. The molecule has 0 aromatic heterocycles. The Kier molecular flexibility index (Phi) is 7.71. The molecule has 0 fully saturated rings. The van der Waals surface area contributed by atoms with Gasteiger partial charge >= 0.3 is 5.97 Å². The molecule has 4 heteroatoms. The Morgan fingerprint density at radius 1 is 1.24 bits per heavy atom. The lowest BCUT2D eigenvalue weighted by Crippen LogP contribution is -2.30. The molecule has 0 aromatic carbocycles. The number of hydrogen-bond acceptors (Lipinski definition) is 3. The molecule has 102 valence electrons. The Bertz CT molecular complexity index is 221. The summed E-state index contributed by atoms with van der Waals surface area (Å²) >= 11 is 0. The number of ether oxygens (including phenoxy) is 1. The number of carbonyl (C=O) groups excluding carboxylic acids is 1. The van der Waals surface area contributed by atoms with Crippen molar-refractivity contribution in [3.63, 3.8) is 0 Å². The number of rotatable bonds is 7. The first-order valence-corrected chi connectivity index (χ1v) is 9.27. The average molecular weight is 260 g/mol. The lowest BCUT2D eigenvalue weighted by Gasteiger charge is -2.20. The van der Waals surface area contributed by atoms with Gasteiger partial charge in [0.1, 0.15) is 6.10 Å². The highest BCUT2D eigenvalue weighted by molar-refractivity contribution is 6.48. The first-order chi connectivity index (χ1) is 7.76. The smallest absolute Gasteiger partial charge is 0.333 e. The average Bonchev–Trinajstić information content (AvgIpc) is 2.19. The second kappa shape index (κ2) is 7.87. The van der Waals surface area contributed by atoms with Gasteiger partial charge in [0, 0.05) is 0 Å². The first kappa shape index (κ1) is 16.6. The standard InChI is InChI=1S/C13H28O3Si/c1-13(2,3)10-8-7-9-11(12(14)15-4)16-17(5)6/h11,17H,7-10H2,1-6H3. The third-order valence-electron chi connectivity index (χ3n) is 2.54. The van der Waals surface area contributed by atoms with Crippen LogP contribution in [0.25, 0.3) is 0 Å². The predicted octanol–water partition coefficient (Wildman–Crippen LogP) is 3.13. The van der Waals surface area contributed by atoms with Crippen LogP contribution >= 0.6 is 0 Å². The Hall–Kier alpha value is -0.353. The molecule has 0 bridgehead atoms. The molecule has 0 aliphatic rings. The van der Waals surface area contributed by atoms with E-state index in [0.29, 0.717) is 5.41 Å². The molecule has 0 aromatic rings. The summed E-state index contributed by atoms with van der Waals surface area (Å²) in [5.41, 5.74) is 0.369. The summed E-state index contributed by atoms with van der Waals surface area (Å²) in [5, 5.41) is 0. The summed E-state index contributed by atoms with van der Waals surface area (Å²) in [5.74, 6) is -0.220. The van der Waals surface area contributed by atoms with Gasteiger partial charge in [-0.05, 0) is 31.4 Å². The number of unbranched alkanes of at least 4 members (excludes halogenated alkanes) is 1. The van der Waals surface area contributed by atoms with E-state index >= 15 is 0 Å². The molecular formula is C13H28O3Si. The maximum atomic E-state index is 11.5. The zero-order valence-electron chi connectivity index (χ0n) is 12.2. The quantitative estimate of drug-likeness (QED) is 0.401. The van der Waals surface area contributed by atoms with E-state index in [1.807, 2.05) is 0 Å². The molecule has 0 spiro atoms. The van der Waals surface area contributed by atoms with Crippen molar-refractivity contribution in [3.8, 4) is 0 Å². The molecule has 0 N–H and O–H groups in total. The summed E-state index contributed by atoms with van der Waals surface area (Å²) < 4.78 is 10.5. The minimum atomic E-state index is -1.18. The predicted molar refractivity (Wildman–Crippen MR) is 73.7 cm³/mol. The van der Waals surface area contributed by atoms with Crippen molar-refractivity contribution in [2.45, 2.75) is 65.7 Å². The number of methoxy groups -OCH3 is 1. The minimum absolute atomic E-state index is 0.220. The van der Waals surface area contributed by atoms with Crippen molar-refractivity contribution in [1.82, 2.24) is 0 Å². The van der Waals surface area contributed by atoms with Gasteiger partial charge in [0.05, 0.1) is 7.11 Å². The largest absolute Gasteiger partial charge is 0.467 e. The summed E-state index contributed by atoms with van der Waals surface area (Å²) in [6.45, 7) is 10.9. The molecule has 1 atom stereocenters. The van der Waals surface area contributed by atoms with E-state index in [9.17, 15) is 4.79 Å². The van der Waals surface area contributed by atoms with Crippen molar-refractivity contribution < 1.29 is 14.0 Å². The molecule has 0 heterocycles. The fraction of sp³-hybridized carbons (Fsp3) is 0.923. The third kappa shape index (κ3) is 9.36. The lowest BCUT2D eigenvalue weighted by atomic mass is 9.89. The van der Waals surface area contributed by atoms with Crippen molar-refractivity contribution in [3.05, 3.63) is 0 Å². The molecule has 3 nitrogen and oxygen atoms in total. The van der Waals surface area contributed by atoms with Crippen LogP contribution in [0.15, 0.2) is 0 Å². The van der Waals surface area contributed by atoms with Gasteiger partial charge in [-0.15, -0.1) is 0 Å². The lowest BCUT2D eigenvalue weighted by molar-refractivity contribution is -0.149. The van der Waals surface area contributed by atoms with Crippen LogP contribution in [0, 0.1) is 5.41 Å². The molecule has 0 amide bonds. The number of hydrogen-bond donors (Lipinski definition) is 0. The van der Waals surface area contributed by atoms with E-state index in [2.05, 4.69) is 33.9 Å². The molecular weight excluding hydrogens is 232 g/mol. The van der Waals surface area contributed by atoms with Gasteiger partial charge in [0.2, 0.25) is 0 Å². The first-order valence-electron chi connectivity index (χ1n) is 6.49. The van der Waals surface area contributed by atoms with E-state index in [1.165, 1.54) is 13.5 Å². The van der Waals surface area contributed by atoms with Gasteiger partial charge in [-0.25, -0.2) is 4.79 Å². The topological polar surface area (TPSA) is 35.5 Å². The van der Waals surface area contributed by atoms with Gasteiger partial charge in [0.15, 0.2) is 9.04 Å². The van der Waals surface area contributed by atoms with E-state index < -0.39 is 9.04 Å². The monoisotopic (exact) mass is 260 g/mol. The minimum Gasteiger partial charge on any atom is -0.467 e. The molecule has 0 radical (unpaired) electrons. The van der Waals surface area contributed by atoms with Crippen LogP contribution in [0.2, 0.25) is 13.1 Å². The highest BCUT2D eigenvalue weighted by Crippen LogP contribution is 2.22. The Morgan fingerprint density at radius 3 is 2.24 bits per heavy atom. The summed E-state index contributed by atoms with van der Waals surface area (Å²) in [7, 11) is 0.242. The Balaban J connectivity index is 3.96. The zero-order chi connectivity index (χ0) is 13.5. The molecule has 0 aliphatic carbocycles. The molecule has 0 saturated carbocycles. The highest BCUT2D eigenvalue weighted by atomic mass is 28.3. The maximum Gasteiger partial charge on any atom is 0.333 e. The van der Waals surface area contributed by atoms with Gasteiger partial charge in [0.25, 0.3) is 0 Å². The van der Waals surface area contributed by atoms with E-state index in [-0.39, 0.29) is 12.1 Å². The molecule has 0 aliphatic heterocycles. The van der Waals surface area contributed by atoms with E-state index in [1.54, 1.807) is 0 Å². The van der Waals surface area contributed by atoms with E-state index in [4.69, 9.17) is 9.16 Å². The second-order valence-electron chi connectivity index (χ2n) is 6.00. The Morgan fingerprint density at radius 2 is 1.82 bits per heavy atom. The van der Waals surface area contributed by atoms with Crippen LogP contribution in [0.3, 0.4) is 0 Å². The summed E-state index contributed by atoms with van der Waals surface area (Å²) in [6, 6.07) is 0. The normalized spacial score (nSPS) is 13.8. The van der Waals surface area contributed by atoms with Gasteiger partial charge in [-0.1, -0.05) is 33.6 Å². The number of carbonyl (C=O) groups is 1. The van der Waals surface area contributed by atoms with Crippen LogP contribution in [-0.2, 0) is 14.0 Å². The summed E-state index contributed by atoms with van der Waals surface area (Å²) in [4.78, 5) is 11.5. The van der Waals surface area contributed by atoms with Crippen LogP contribution in [0.5, 0.6) is 0 Å². The van der Waals surface area contributed by atoms with Crippen LogP contribution < -0.4 is 0 Å². The summed E-state index contributed by atoms with van der Waals surface area (Å²) in [6.07, 6.45) is 3.79. The van der Waals surface area contributed by atoms with Crippen LogP contribution in [0.1, 0.15) is 46.5 Å². The van der Waals surface area contributed by atoms with Gasteiger partial charge < -0.3 is 9.16 Å². The van der Waals surface area contributed by atoms with Crippen molar-refractivity contribution >= 4 is 15.0 Å². The number of esters is 1. The molecule has 0 rings (SSSR count). The third-order valence-corrected chi connectivity index (χ3v) is 3.42. The van der Waals surface area contributed by atoms with Gasteiger partial charge in [-0.3, -0.25) is 0 Å². The van der Waals surface area contributed by atoms with Crippen LogP contribution in [0.4, 0.5) is 0 Å². The van der Waals surface area contributed by atoms with Crippen molar-refractivity contribution in [2.75, 3.05) is 7.11 Å². The fourth-order valence-electron chi connectivity index (χ4n) is 1.69. The van der Waals surface area contributed by atoms with Gasteiger partial charge in [-0.2, -0.15) is 0 Å². The zero-order valence-corrected chi connectivity index (χ0v) is 13.4. The SMILES string of the molecule is COC(=O)C(CCCCC(C)(C)C)O[SiH](C)C. The molecule has 17 heavy (non-hydrogen) atoms. The maximum absolute atomic E-state index is 11.5. The molecule has 0 saturated heterocycles. The molecule has 1 unspecified atom stereocenters. The van der Waals surface area contributed by atoms with Crippen molar-refractivity contribution in [2.24, 2.45) is 5.41 Å². The van der Waals surface area contributed by atoms with Crippen molar-refractivity contribution in [1.29, 1.82) is 0 Å². The Labute approximate surface area is 108 Å².